The van der Waals surface area contributed by atoms with Gasteiger partial charge in [-0.15, -0.1) is 0 Å². The zero-order valence-electron chi connectivity index (χ0n) is 5.94. The molecule has 2 aliphatic rings. The van der Waals surface area contributed by atoms with Gasteiger partial charge in [0.15, 0.2) is 0 Å². The van der Waals surface area contributed by atoms with Crippen molar-refractivity contribution in [1.82, 2.24) is 5.32 Å². The summed E-state index contributed by atoms with van der Waals surface area (Å²) in [7, 11) is 0. The van der Waals surface area contributed by atoms with E-state index in [-0.39, 0.29) is 18.1 Å². The maximum absolute atomic E-state index is 12.2. The molecule has 0 amide bonds. The van der Waals surface area contributed by atoms with E-state index in [1.54, 1.807) is 0 Å². The van der Waals surface area contributed by atoms with E-state index in [9.17, 15) is 4.39 Å². The highest BCUT2D eigenvalue weighted by Gasteiger charge is 2.53. The molecule has 1 aliphatic heterocycles. The van der Waals surface area contributed by atoms with Gasteiger partial charge < -0.3 is 11.1 Å². The molecule has 0 radical (unpaired) electrons. The van der Waals surface area contributed by atoms with Crippen LogP contribution >= 0.6 is 0 Å². The zero-order chi connectivity index (χ0) is 7.19. The molecule has 0 aromatic heterocycles. The van der Waals surface area contributed by atoms with Gasteiger partial charge in [0.2, 0.25) is 0 Å². The van der Waals surface area contributed by atoms with Gasteiger partial charge in [-0.05, 0) is 18.3 Å². The molecule has 58 valence electrons. The first-order valence-electron chi connectivity index (χ1n) is 3.82. The lowest BCUT2D eigenvalue weighted by Gasteiger charge is -2.47. The monoisotopic (exact) mass is 144 g/mol. The van der Waals surface area contributed by atoms with Gasteiger partial charge >= 0.3 is 0 Å². The van der Waals surface area contributed by atoms with Gasteiger partial charge in [0.25, 0.3) is 0 Å². The highest BCUT2D eigenvalue weighted by Crippen LogP contribution is 2.44. The average molecular weight is 144 g/mol. The van der Waals surface area contributed by atoms with Crippen molar-refractivity contribution < 1.29 is 4.39 Å². The number of hydrogen-bond donors (Lipinski definition) is 2. The lowest BCUT2D eigenvalue weighted by atomic mass is 9.62. The Kier molecular flexibility index (Phi) is 1.26. The maximum Gasteiger partial charge on any atom is 0.0927 e. The van der Waals surface area contributed by atoms with Crippen LogP contribution in [-0.4, -0.2) is 25.3 Å². The van der Waals surface area contributed by atoms with Gasteiger partial charge in [-0.2, -0.15) is 0 Å². The van der Waals surface area contributed by atoms with Crippen molar-refractivity contribution in [3.8, 4) is 0 Å². The molecule has 0 unspecified atom stereocenters. The Morgan fingerprint density at radius 1 is 1.70 bits per heavy atom. The third-order valence-electron chi connectivity index (χ3n) is 2.97. The number of rotatable bonds is 1. The maximum atomic E-state index is 12.2. The van der Waals surface area contributed by atoms with Crippen LogP contribution in [0.25, 0.3) is 0 Å². The molecule has 1 aliphatic carbocycles. The fourth-order valence-corrected chi connectivity index (χ4v) is 2.29. The number of fused-ring (bicyclic) bond motifs is 1. The molecule has 1 heterocycles. The van der Waals surface area contributed by atoms with E-state index in [0.717, 1.165) is 19.5 Å². The number of alkyl halides is 1. The molecule has 0 spiro atoms. The highest BCUT2D eigenvalue weighted by atomic mass is 19.1. The van der Waals surface area contributed by atoms with Crippen LogP contribution in [0.1, 0.15) is 6.42 Å². The summed E-state index contributed by atoms with van der Waals surface area (Å²) in [5.41, 5.74) is 5.90. The summed E-state index contributed by atoms with van der Waals surface area (Å²) in [6.45, 7) is 1.62. The van der Waals surface area contributed by atoms with Crippen LogP contribution in [0.3, 0.4) is 0 Å². The lowest BCUT2D eigenvalue weighted by molar-refractivity contribution is 0.0629. The fourth-order valence-electron chi connectivity index (χ4n) is 2.29. The van der Waals surface area contributed by atoms with Crippen molar-refractivity contribution in [2.75, 3.05) is 19.8 Å². The fraction of sp³-hybridized carbons (Fsp3) is 1.00. The normalized spacial score (nSPS) is 52.2. The van der Waals surface area contributed by atoms with Crippen molar-refractivity contribution in [3.63, 3.8) is 0 Å². The van der Waals surface area contributed by atoms with Gasteiger partial charge in [-0.3, -0.25) is 4.39 Å². The Morgan fingerprint density at radius 3 is 3.10 bits per heavy atom. The summed E-state index contributed by atoms with van der Waals surface area (Å²) in [6, 6.07) is 0. The van der Waals surface area contributed by atoms with Crippen molar-refractivity contribution in [2.24, 2.45) is 17.6 Å². The molecule has 0 aromatic carbocycles. The average Bonchev–Trinajstić information content (AvgIpc) is 2.16. The summed E-state index contributed by atoms with van der Waals surface area (Å²) in [4.78, 5) is 0. The van der Waals surface area contributed by atoms with E-state index < -0.39 is 0 Å². The molecule has 10 heavy (non-hydrogen) atoms. The highest BCUT2D eigenvalue weighted by molar-refractivity contribution is 5.11. The second-order valence-corrected chi connectivity index (χ2v) is 3.59. The Hall–Kier alpha value is -0.150. The molecule has 0 aromatic rings. The second kappa shape index (κ2) is 1.92. The molecule has 2 nitrogen and oxygen atoms in total. The van der Waals surface area contributed by atoms with E-state index >= 15 is 0 Å². The predicted octanol–water partition coefficient (Wildman–Crippen LogP) is -0.107. The molecule has 3 heteroatoms. The van der Waals surface area contributed by atoms with Crippen LogP contribution in [0.5, 0.6) is 0 Å². The van der Waals surface area contributed by atoms with Gasteiger partial charge in [-0.1, -0.05) is 0 Å². The summed E-state index contributed by atoms with van der Waals surface area (Å²) in [5.74, 6) is 0.664. The molecule has 2 rings (SSSR count). The molecule has 3 atom stereocenters. The quantitative estimate of drug-likeness (QED) is 0.539. The Labute approximate surface area is 60.0 Å². The lowest BCUT2D eigenvalue weighted by Crippen LogP contribution is -2.60. The van der Waals surface area contributed by atoms with Crippen molar-refractivity contribution in [1.29, 1.82) is 0 Å². The van der Waals surface area contributed by atoms with E-state index in [2.05, 4.69) is 5.32 Å². The van der Waals surface area contributed by atoms with Gasteiger partial charge in [-0.25, -0.2) is 0 Å². The Morgan fingerprint density at radius 2 is 2.50 bits per heavy atom. The third-order valence-corrected chi connectivity index (χ3v) is 2.97. The second-order valence-electron chi connectivity index (χ2n) is 3.59. The van der Waals surface area contributed by atoms with Crippen molar-refractivity contribution in [2.45, 2.75) is 12.0 Å². The third kappa shape index (κ3) is 0.648. The first-order chi connectivity index (χ1) is 4.76. The summed E-state index contributed by atoms with van der Waals surface area (Å²) < 4.78 is 12.2. The van der Waals surface area contributed by atoms with E-state index in [1.165, 1.54) is 0 Å². The molecular weight excluding hydrogens is 131 g/mol. The standard InChI is InChI=1S/C7H13FN2/c8-2-5-1-7(9)4-10-3-6(5)7/h5-6,10H,1-4,9H2/t5-,6-,7+/m0/s1. The van der Waals surface area contributed by atoms with Gasteiger partial charge in [0.05, 0.1) is 6.67 Å². The first kappa shape index (κ1) is 6.55. The van der Waals surface area contributed by atoms with Crippen LogP contribution in [0.4, 0.5) is 4.39 Å². The van der Waals surface area contributed by atoms with E-state index in [4.69, 9.17) is 5.73 Å². The van der Waals surface area contributed by atoms with Gasteiger partial charge in [0.1, 0.15) is 0 Å². The van der Waals surface area contributed by atoms with Crippen LogP contribution in [-0.2, 0) is 0 Å². The molecular formula is C7H13FN2. The number of halogens is 1. The number of nitrogens with one attached hydrogen (secondary N) is 1. The minimum absolute atomic E-state index is 0.0449. The molecule has 0 bridgehead atoms. The van der Waals surface area contributed by atoms with Crippen LogP contribution in [0.2, 0.25) is 0 Å². The topological polar surface area (TPSA) is 38.0 Å². The largest absolute Gasteiger partial charge is 0.324 e. The summed E-state index contributed by atoms with van der Waals surface area (Å²) in [6.07, 6.45) is 0.876. The van der Waals surface area contributed by atoms with E-state index in [0.29, 0.717) is 5.92 Å². The summed E-state index contributed by atoms with van der Waals surface area (Å²) in [5, 5.41) is 3.20. The Balaban J connectivity index is 2.04. The SMILES string of the molecule is N[C@]12CNC[C@H]1[C@H](CF)C2. The van der Waals surface area contributed by atoms with Crippen molar-refractivity contribution >= 4 is 0 Å². The van der Waals surface area contributed by atoms with Crippen LogP contribution in [0, 0.1) is 11.8 Å². The minimum Gasteiger partial charge on any atom is -0.324 e. The molecule has 3 N–H and O–H groups in total. The number of nitrogens with two attached hydrogens (primary N) is 1. The number of hydrogen-bond acceptors (Lipinski definition) is 2. The first-order valence-corrected chi connectivity index (χ1v) is 3.82. The smallest absolute Gasteiger partial charge is 0.0927 e. The minimum atomic E-state index is -0.189. The molecule has 1 saturated heterocycles. The zero-order valence-corrected chi connectivity index (χ0v) is 5.94. The van der Waals surface area contributed by atoms with Gasteiger partial charge in [0, 0.05) is 18.6 Å². The molecule has 1 saturated carbocycles. The van der Waals surface area contributed by atoms with Crippen molar-refractivity contribution in [3.05, 3.63) is 0 Å². The predicted molar refractivity (Wildman–Crippen MR) is 37.4 cm³/mol. The van der Waals surface area contributed by atoms with Crippen LogP contribution in [0.15, 0.2) is 0 Å². The summed E-state index contributed by atoms with van der Waals surface area (Å²) >= 11 is 0. The van der Waals surface area contributed by atoms with Crippen LogP contribution < -0.4 is 11.1 Å². The Bertz CT molecular complexity index is 151. The molecule has 2 fully saturated rings. The van der Waals surface area contributed by atoms with E-state index in [1.807, 2.05) is 0 Å².